The van der Waals surface area contributed by atoms with E-state index in [1.807, 2.05) is 0 Å². The van der Waals surface area contributed by atoms with Gasteiger partial charge in [-0.3, -0.25) is 9.59 Å². The third-order valence-corrected chi connectivity index (χ3v) is 8.43. The molecule has 0 radical (unpaired) electrons. The molecule has 0 bridgehead atoms. The molecule has 0 saturated heterocycles. The Hall–Kier alpha value is -1.06. The molecule has 0 aromatic heterocycles. The van der Waals surface area contributed by atoms with Crippen molar-refractivity contribution in [2.45, 2.75) is 144 Å². The van der Waals surface area contributed by atoms with Gasteiger partial charge in [0.1, 0.15) is 0 Å². The van der Waals surface area contributed by atoms with Gasteiger partial charge in [-0.15, -0.1) is 0 Å². The monoisotopic (exact) mass is 508 g/mol. The van der Waals surface area contributed by atoms with Gasteiger partial charge >= 0.3 is 11.9 Å². The molecule has 212 valence electrons. The molecule has 1 fully saturated rings. The van der Waals surface area contributed by atoms with E-state index in [1.54, 1.807) is 0 Å². The van der Waals surface area contributed by atoms with E-state index in [9.17, 15) is 9.59 Å². The molecule has 1 aliphatic rings. The minimum absolute atomic E-state index is 0.0442. The molecule has 4 unspecified atom stereocenters. The first-order chi connectivity index (χ1) is 17.3. The first-order valence-corrected chi connectivity index (χ1v) is 15.6. The maximum absolute atomic E-state index is 12.5. The Morgan fingerprint density at radius 2 is 0.861 bits per heavy atom. The van der Waals surface area contributed by atoms with Gasteiger partial charge in [-0.2, -0.15) is 0 Å². The van der Waals surface area contributed by atoms with Crippen molar-refractivity contribution in [1.29, 1.82) is 0 Å². The Morgan fingerprint density at radius 3 is 1.17 bits per heavy atom. The molecule has 0 aliphatic heterocycles. The van der Waals surface area contributed by atoms with Gasteiger partial charge in [0.05, 0.1) is 25.0 Å². The molecule has 4 atom stereocenters. The number of rotatable bonds is 20. The van der Waals surface area contributed by atoms with E-state index in [4.69, 9.17) is 9.47 Å². The molecule has 1 aliphatic carbocycles. The lowest BCUT2D eigenvalue weighted by atomic mass is 9.82. The van der Waals surface area contributed by atoms with E-state index in [0.29, 0.717) is 25.0 Å². The summed E-state index contributed by atoms with van der Waals surface area (Å²) in [5.41, 5.74) is 0. The average Bonchev–Trinajstić information content (AvgIpc) is 2.87. The van der Waals surface area contributed by atoms with Gasteiger partial charge in [-0.05, 0) is 75.0 Å². The van der Waals surface area contributed by atoms with Crippen LogP contribution >= 0.6 is 0 Å². The third kappa shape index (κ3) is 15.3. The highest BCUT2D eigenvalue weighted by atomic mass is 16.5. The number of hydrogen-bond acceptors (Lipinski definition) is 4. The molecule has 0 aromatic rings. The molecule has 4 heteroatoms. The van der Waals surface area contributed by atoms with Gasteiger partial charge in [0.2, 0.25) is 0 Å². The maximum Gasteiger partial charge on any atom is 0.308 e. The Morgan fingerprint density at radius 1 is 0.556 bits per heavy atom. The van der Waals surface area contributed by atoms with Crippen LogP contribution in [0.2, 0.25) is 0 Å². The molecular formula is C32H60O4. The molecule has 0 spiro atoms. The first kappa shape index (κ1) is 33.0. The highest BCUT2D eigenvalue weighted by Gasteiger charge is 2.31. The van der Waals surface area contributed by atoms with E-state index >= 15 is 0 Å². The van der Waals surface area contributed by atoms with Crippen molar-refractivity contribution < 1.29 is 19.1 Å². The summed E-state index contributed by atoms with van der Waals surface area (Å²) in [5.74, 6) is 2.82. The zero-order chi connectivity index (χ0) is 26.8. The summed E-state index contributed by atoms with van der Waals surface area (Å²) in [7, 11) is 0. The Balaban J connectivity index is 2.10. The van der Waals surface area contributed by atoms with Crippen molar-refractivity contribution in [2.24, 2.45) is 35.5 Å². The van der Waals surface area contributed by atoms with Crippen LogP contribution in [0.15, 0.2) is 0 Å². The summed E-state index contributed by atoms with van der Waals surface area (Å²) < 4.78 is 11.2. The Bertz CT molecular complexity index is 517. The zero-order valence-corrected chi connectivity index (χ0v) is 24.8. The second-order valence-electron chi connectivity index (χ2n) is 12.3. The van der Waals surface area contributed by atoms with Gasteiger partial charge in [0.15, 0.2) is 0 Å². The highest BCUT2D eigenvalue weighted by molar-refractivity contribution is 5.75. The van der Waals surface area contributed by atoms with Crippen molar-refractivity contribution in [1.82, 2.24) is 0 Å². The molecule has 0 heterocycles. The van der Waals surface area contributed by atoms with E-state index in [2.05, 4.69) is 41.5 Å². The second-order valence-corrected chi connectivity index (χ2v) is 12.3. The highest BCUT2D eigenvalue weighted by Crippen LogP contribution is 2.31. The second kappa shape index (κ2) is 20.0. The normalized spacial score (nSPS) is 21.4. The van der Waals surface area contributed by atoms with Crippen LogP contribution in [0.4, 0.5) is 0 Å². The molecule has 0 N–H and O–H groups in total. The number of esters is 2. The van der Waals surface area contributed by atoms with Gasteiger partial charge in [0, 0.05) is 0 Å². The number of hydrogen-bond donors (Lipinski definition) is 0. The summed E-state index contributed by atoms with van der Waals surface area (Å²) in [4.78, 5) is 24.9. The number of carbonyl (C=O) groups excluding carboxylic acids is 2. The standard InChI is InChI=1S/C32H60O4/c1-7-11-25(3)15-17-27(5)13-9-23-35-31(33)29-19-21-30(22-20-29)32(34)36-24-10-14-28(6)18-16-26(4)12-8-2/h25-30H,7-24H2,1-6H3. The van der Waals surface area contributed by atoms with Crippen LogP contribution in [-0.2, 0) is 19.1 Å². The van der Waals surface area contributed by atoms with Crippen LogP contribution in [0, 0.1) is 35.5 Å². The van der Waals surface area contributed by atoms with Crippen LogP contribution in [0.25, 0.3) is 0 Å². The van der Waals surface area contributed by atoms with Crippen molar-refractivity contribution in [3.8, 4) is 0 Å². The summed E-state index contributed by atoms with van der Waals surface area (Å²) in [5, 5.41) is 0. The fourth-order valence-electron chi connectivity index (χ4n) is 5.71. The summed E-state index contributed by atoms with van der Waals surface area (Å²) in [6.45, 7) is 14.9. The SMILES string of the molecule is CCCC(C)CCC(C)CCCOC(=O)C1CCC(C(=O)OCCCC(C)CCC(C)CCC)CC1. The minimum atomic E-state index is -0.0618. The first-order valence-electron chi connectivity index (χ1n) is 15.6. The quantitative estimate of drug-likeness (QED) is 0.121. The molecule has 36 heavy (non-hydrogen) atoms. The molecule has 1 saturated carbocycles. The van der Waals surface area contributed by atoms with Crippen LogP contribution in [0.1, 0.15) is 144 Å². The summed E-state index contributed by atoms with van der Waals surface area (Å²) >= 11 is 0. The molecule has 0 aromatic carbocycles. The Kier molecular flexibility index (Phi) is 18.3. The Labute approximate surface area is 224 Å². The van der Waals surface area contributed by atoms with E-state index in [-0.39, 0.29) is 23.8 Å². The van der Waals surface area contributed by atoms with Crippen molar-refractivity contribution in [3.63, 3.8) is 0 Å². The largest absolute Gasteiger partial charge is 0.465 e. The minimum Gasteiger partial charge on any atom is -0.465 e. The lowest BCUT2D eigenvalue weighted by Crippen LogP contribution is -2.28. The smallest absolute Gasteiger partial charge is 0.308 e. The summed E-state index contributed by atoms with van der Waals surface area (Å²) in [6.07, 6.45) is 17.5. The van der Waals surface area contributed by atoms with Gasteiger partial charge in [0.25, 0.3) is 0 Å². The molecular weight excluding hydrogens is 448 g/mol. The third-order valence-electron chi connectivity index (χ3n) is 8.43. The van der Waals surface area contributed by atoms with Gasteiger partial charge in [-0.25, -0.2) is 0 Å². The topological polar surface area (TPSA) is 52.6 Å². The van der Waals surface area contributed by atoms with Gasteiger partial charge in [-0.1, -0.05) is 92.9 Å². The number of carbonyl (C=O) groups is 2. The number of ether oxygens (including phenoxy) is 2. The van der Waals surface area contributed by atoms with Crippen LogP contribution in [-0.4, -0.2) is 25.2 Å². The zero-order valence-electron chi connectivity index (χ0n) is 24.8. The molecule has 0 amide bonds. The molecule has 1 rings (SSSR count). The molecule has 4 nitrogen and oxygen atoms in total. The summed E-state index contributed by atoms with van der Waals surface area (Å²) in [6, 6.07) is 0. The van der Waals surface area contributed by atoms with Crippen LogP contribution in [0.3, 0.4) is 0 Å². The van der Waals surface area contributed by atoms with E-state index in [1.165, 1.54) is 51.4 Å². The average molecular weight is 509 g/mol. The van der Waals surface area contributed by atoms with Crippen LogP contribution < -0.4 is 0 Å². The van der Waals surface area contributed by atoms with Crippen LogP contribution in [0.5, 0.6) is 0 Å². The lowest BCUT2D eigenvalue weighted by molar-refractivity contribution is -0.155. The van der Waals surface area contributed by atoms with Crippen molar-refractivity contribution in [3.05, 3.63) is 0 Å². The van der Waals surface area contributed by atoms with E-state index < -0.39 is 0 Å². The van der Waals surface area contributed by atoms with Crippen molar-refractivity contribution >= 4 is 11.9 Å². The fourth-order valence-corrected chi connectivity index (χ4v) is 5.71. The fraction of sp³-hybridized carbons (Fsp3) is 0.938. The lowest BCUT2D eigenvalue weighted by Gasteiger charge is -2.26. The predicted molar refractivity (Wildman–Crippen MR) is 151 cm³/mol. The predicted octanol–water partition coefficient (Wildman–Crippen LogP) is 9.14. The van der Waals surface area contributed by atoms with Gasteiger partial charge < -0.3 is 9.47 Å². The van der Waals surface area contributed by atoms with Crippen molar-refractivity contribution in [2.75, 3.05) is 13.2 Å². The van der Waals surface area contributed by atoms with E-state index in [0.717, 1.165) is 63.2 Å². The maximum atomic E-state index is 12.5.